The van der Waals surface area contributed by atoms with Crippen molar-refractivity contribution in [2.24, 2.45) is 0 Å². The van der Waals surface area contributed by atoms with Crippen LogP contribution in [0.3, 0.4) is 0 Å². The van der Waals surface area contributed by atoms with Crippen molar-refractivity contribution in [2.45, 2.75) is 160 Å². The third-order valence-electron chi connectivity index (χ3n) is 18.7. The molecule has 0 heterocycles. The van der Waals surface area contributed by atoms with Crippen LogP contribution in [0.4, 0.5) is 17.1 Å². The number of anilines is 3. The molecule has 5 aliphatic rings. The monoisotopic (exact) mass is 890 g/mol. The summed E-state index contributed by atoms with van der Waals surface area (Å²) in [5, 5.41) is 0. The maximum absolute atomic E-state index is 2.72. The minimum atomic E-state index is -0.473. The Morgan fingerprint density at radius 1 is 0.279 bits per heavy atom. The molecule has 0 amide bonds. The van der Waals surface area contributed by atoms with Crippen LogP contribution in [-0.4, -0.2) is 0 Å². The minimum absolute atomic E-state index is 0.00607. The predicted octanol–water partition coefficient (Wildman–Crippen LogP) is 18.2. The maximum Gasteiger partial charge on any atom is 0.0726 e. The first-order valence-electron chi connectivity index (χ1n) is 25.9. The van der Waals surface area contributed by atoms with Crippen molar-refractivity contribution < 1.29 is 0 Å². The highest BCUT2D eigenvalue weighted by atomic mass is 15.1. The summed E-state index contributed by atoms with van der Waals surface area (Å²) in [5.41, 5.74) is 26.2. The van der Waals surface area contributed by atoms with Gasteiger partial charge in [-0.05, 0) is 191 Å². The Balaban J connectivity index is 1.25. The standard InChI is InChI=1S/C67H71N/c1-61(2)32-34-64(7,8)57-38-42(28-30-53(57)61)68(43-29-31-54-58(39-43)65(9,10)35-33-62(54,3)4)59-41-56-48(40-49(59)47-23-19-27-55-60(47)66(11,12)37-36-63(55,5)6)46-22-15-18-26-52(46)67(56)50-24-16-13-20-44(50)45-21-14-17-25-51(45)67/h13-31,38-41H,32-37H2,1-12H3. The van der Waals surface area contributed by atoms with E-state index >= 15 is 0 Å². The van der Waals surface area contributed by atoms with Gasteiger partial charge in [0.25, 0.3) is 0 Å². The summed E-state index contributed by atoms with van der Waals surface area (Å²) in [6.07, 6.45) is 7.05. The molecule has 0 saturated carbocycles. The molecule has 0 bridgehead atoms. The Hall–Kier alpha value is -5.66. The first kappa shape index (κ1) is 43.6. The highest BCUT2D eigenvalue weighted by molar-refractivity contribution is 6.00. The van der Waals surface area contributed by atoms with Crippen molar-refractivity contribution in [3.63, 3.8) is 0 Å². The molecule has 5 aliphatic carbocycles. The number of hydrogen-bond acceptors (Lipinski definition) is 1. The second kappa shape index (κ2) is 14.2. The van der Waals surface area contributed by atoms with Gasteiger partial charge in [0, 0.05) is 16.9 Å². The topological polar surface area (TPSA) is 3.24 Å². The Morgan fingerprint density at radius 2 is 0.662 bits per heavy atom. The van der Waals surface area contributed by atoms with E-state index in [1.807, 2.05) is 0 Å². The fourth-order valence-electron chi connectivity index (χ4n) is 14.3. The molecule has 344 valence electrons. The Labute approximate surface area is 408 Å². The Bertz CT molecular complexity index is 3130. The van der Waals surface area contributed by atoms with E-state index in [0.29, 0.717) is 0 Å². The molecule has 0 fully saturated rings. The van der Waals surface area contributed by atoms with Crippen LogP contribution in [0.25, 0.3) is 33.4 Å². The average Bonchev–Trinajstić information content (AvgIpc) is 3.78. The first-order chi connectivity index (χ1) is 32.2. The molecule has 68 heavy (non-hydrogen) atoms. The number of hydrogen-bond donors (Lipinski definition) is 0. The second-order valence-electron chi connectivity index (χ2n) is 25.6. The van der Waals surface area contributed by atoms with Gasteiger partial charge in [0.2, 0.25) is 0 Å². The van der Waals surface area contributed by atoms with Crippen LogP contribution < -0.4 is 4.90 Å². The van der Waals surface area contributed by atoms with Crippen LogP contribution in [0, 0.1) is 0 Å². The molecule has 0 aliphatic heterocycles. The molecule has 0 aromatic heterocycles. The zero-order valence-electron chi connectivity index (χ0n) is 43.0. The molecule has 0 unspecified atom stereocenters. The van der Waals surface area contributed by atoms with E-state index in [2.05, 4.69) is 228 Å². The molecular weight excluding hydrogens is 819 g/mol. The number of fused-ring (bicyclic) bond motifs is 13. The van der Waals surface area contributed by atoms with Gasteiger partial charge in [-0.25, -0.2) is 0 Å². The molecule has 0 saturated heterocycles. The fourth-order valence-corrected chi connectivity index (χ4v) is 14.3. The zero-order valence-corrected chi connectivity index (χ0v) is 43.0. The van der Waals surface area contributed by atoms with E-state index in [-0.39, 0.29) is 32.5 Å². The predicted molar refractivity (Wildman–Crippen MR) is 289 cm³/mol. The third-order valence-corrected chi connectivity index (χ3v) is 18.7. The van der Waals surface area contributed by atoms with Gasteiger partial charge in [0.05, 0.1) is 11.1 Å². The summed E-state index contributed by atoms with van der Waals surface area (Å²) in [5.74, 6) is 0. The summed E-state index contributed by atoms with van der Waals surface area (Å²) in [7, 11) is 0. The molecule has 0 N–H and O–H groups in total. The Kier molecular flexibility index (Phi) is 9.12. The summed E-state index contributed by atoms with van der Waals surface area (Å²) >= 11 is 0. The number of rotatable bonds is 4. The second-order valence-corrected chi connectivity index (χ2v) is 25.6. The summed E-state index contributed by atoms with van der Waals surface area (Å²) < 4.78 is 0. The highest BCUT2D eigenvalue weighted by Crippen LogP contribution is 2.65. The van der Waals surface area contributed by atoms with Crippen molar-refractivity contribution >= 4 is 17.1 Å². The SMILES string of the molecule is CC1(C)CCC(C)(C)c2cc(N(c3ccc4c(c3)C(C)(C)CCC4(C)C)c3cc4c(cc3-c3cccc5c3C(C)(C)CCC5(C)C)-c3ccccc3C43c4ccccc4-c4ccccc43)ccc21. The van der Waals surface area contributed by atoms with E-state index in [0.717, 1.165) is 6.42 Å². The Morgan fingerprint density at radius 3 is 1.15 bits per heavy atom. The van der Waals surface area contributed by atoms with Crippen LogP contribution in [-0.2, 0) is 37.9 Å². The van der Waals surface area contributed by atoms with Gasteiger partial charge in [-0.2, -0.15) is 0 Å². The summed E-state index contributed by atoms with van der Waals surface area (Å²) in [6.45, 7) is 29.7. The van der Waals surface area contributed by atoms with Crippen molar-refractivity contribution in [1.29, 1.82) is 0 Å². The zero-order chi connectivity index (χ0) is 47.6. The molecule has 0 radical (unpaired) electrons. The lowest BCUT2D eigenvalue weighted by molar-refractivity contribution is 0.332. The van der Waals surface area contributed by atoms with Crippen LogP contribution in [0.2, 0.25) is 0 Å². The van der Waals surface area contributed by atoms with E-state index < -0.39 is 5.41 Å². The van der Waals surface area contributed by atoms with Crippen LogP contribution in [0.15, 0.2) is 140 Å². The molecule has 12 rings (SSSR count). The van der Waals surface area contributed by atoms with Crippen LogP contribution in [0.5, 0.6) is 0 Å². The van der Waals surface area contributed by atoms with E-state index in [9.17, 15) is 0 Å². The molecule has 1 nitrogen and oxygen atoms in total. The van der Waals surface area contributed by atoms with Gasteiger partial charge < -0.3 is 4.90 Å². The first-order valence-corrected chi connectivity index (χ1v) is 25.9. The molecule has 7 aromatic carbocycles. The quantitative estimate of drug-likeness (QED) is 0.170. The lowest BCUT2D eigenvalue weighted by Crippen LogP contribution is -2.35. The summed E-state index contributed by atoms with van der Waals surface area (Å²) in [6, 6.07) is 55.7. The van der Waals surface area contributed by atoms with Crippen LogP contribution in [0.1, 0.15) is 177 Å². The average molecular weight is 890 g/mol. The van der Waals surface area contributed by atoms with Crippen molar-refractivity contribution in [3.8, 4) is 33.4 Å². The van der Waals surface area contributed by atoms with Gasteiger partial charge in [0.1, 0.15) is 0 Å². The van der Waals surface area contributed by atoms with Gasteiger partial charge >= 0.3 is 0 Å². The number of benzene rings is 7. The van der Waals surface area contributed by atoms with E-state index in [1.165, 1.54) is 138 Å². The van der Waals surface area contributed by atoms with Gasteiger partial charge in [0.15, 0.2) is 0 Å². The van der Waals surface area contributed by atoms with Crippen molar-refractivity contribution in [3.05, 3.63) is 195 Å². The number of nitrogens with zero attached hydrogens (tertiary/aromatic N) is 1. The molecule has 7 aromatic rings. The van der Waals surface area contributed by atoms with E-state index in [1.54, 1.807) is 0 Å². The molecule has 1 heteroatoms. The largest absolute Gasteiger partial charge is 0.310 e. The molecular formula is C67H71N. The van der Waals surface area contributed by atoms with Crippen molar-refractivity contribution in [2.75, 3.05) is 4.90 Å². The molecule has 1 spiro atoms. The normalized spacial score (nSPS) is 20.5. The lowest BCUT2D eigenvalue weighted by Gasteiger charge is -2.44. The van der Waals surface area contributed by atoms with Crippen molar-refractivity contribution in [1.82, 2.24) is 0 Å². The fraction of sp³-hybridized carbons (Fsp3) is 0.373. The highest BCUT2D eigenvalue weighted by Gasteiger charge is 2.52. The molecule has 0 atom stereocenters. The minimum Gasteiger partial charge on any atom is -0.310 e. The smallest absolute Gasteiger partial charge is 0.0726 e. The van der Waals surface area contributed by atoms with E-state index in [4.69, 9.17) is 0 Å². The van der Waals surface area contributed by atoms with Gasteiger partial charge in [-0.1, -0.05) is 186 Å². The third kappa shape index (κ3) is 5.99. The maximum atomic E-state index is 2.72. The summed E-state index contributed by atoms with van der Waals surface area (Å²) in [4.78, 5) is 2.72. The van der Waals surface area contributed by atoms with Gasteiger partial charge in [-0.3, -0.25) is 0 Å². The van der Waals surface area contributed by atoms with Crippen LogP contribution >= 0.6 is 0 Å². The van der Waals surface area contributed by atoms with Gasteiger partial charge in [-0.15, -0.1) is 0 Å². The lowest BCUT2D eigenvalue weighted by atomic mass is 9.61.